The van der Waals surface area contributed by atoms with Gasteiger partial charge in [-0.25, -0.2) is 4.98 Å². The van der Waals surface area contributed by atoms with Gasteiger partial charge in [0.2, 0.25) is 0 Å². The van der Waals surface area contributed by atoms with E-state index in [1.165, 1.54) is 5.69 Å². The van der Waals surface area contributed by atoms with Gasteiger partial charge >= 0.3 is 0 Å². The van der Waals surface area contributed by atoms with E-state index in [-0.39, 0.29) is 0 Å². The molecule has 1 aromatic carbocycles. The fourth-order valence-electron chi connectivity index (χ4n) is 2.22. The van der Waals surface area contributed by atoms with Gasteiger partial charge in [-0.3, -0.25) is 0 Å². The zero-order valence-corrected chi connectivity index (χ0v) is 13.7. The van der Waals surface area contributed by atoms with Crippen LogP contribution >= 0.6 is 27.5 Å². The number of nitrogens with one attached hydrogen (secondary N) is 1. The highest BCUT2D eigenvalue weighted by Gasteiger charge is 2.11. The number of hydrogen-bond donors (Lipinski definition) is 1. The molecule has 1 aliphatic heterocycles. The molecule has 1 fully saturated rings. The third kappa shape index (κ3) is 3.67. The first kappa shape index (κ1) is 14.6. The highest BCUT2D eigenvalue weighted by atomic mass is 79.9. The quantitative estimate of drug-likeness (QED) is 0.886. The summed E-state index contributed by atoms with van der Waals surface area (Å²) in [5.74, 6) is 0.749. The number of benzene rings is 1. The molecule has 21 heavy (non-hydrogen) atoms. The monoisotopic (exact) mass is 367 g/mol. The van der Waals surface area contributed by atoms with Crippen LogP contribution in [0, 0.1) is 0 Å². The molecule has 0 spiro atoms. The van der Waals surface area contributed by atoms with Crippen LogP contribution in [0.25, 0.3) is 0 Å². The predicted octanol–water partition coefficient (Wildman–Crippen LogP) is 4.08. The van der Waals surface area contributed by atoms with Gasteiger partial charge in [0.15, 0.2) is 0 Å². The van der Waals surface area contributed by atoms with Crippen molar-refractivity contribution in [1.82, 2.24) is 4.98 Å². The molecule has 6 heteroatoms. The third-order valence-corrected chi connectivity index (χ3v) is 4.13. The van der Waals surface area contributed by atoms with Crippen molar-refractivity contribution in [2.45, 2.75) is 0 Å². The Hall–Kier alpha value is -1.30. The summed E-state index contributed by atoms with van der Waals surface area (Å²) in [4.78, 5) is 6.59. The summed E-state index contributed by atoms with van der Waals surface area (Å²) in [6, 6.07) is 10.1. The van der Waals surface area contributed by atoms with E-state index in [1.54, 1.807) is 6.20 Å². The van der Waals surface area contributed by atoms with Crippen LogP contribution in [0.2, 0.25) is 5.02 Å². The van der Waals surface area contributed by atoms with E-state index in [1.807, 2.05) is 18.2 Å². The Labute approximate surface area is 137 Å². The van der Waals surface area contributed by atoms with Crippen molar-refractivity contribution < 1.29 is 4.74 Å². The molecule has 4 nitrogen and oxygen atoms in total. The van der Waals surface area contributed by atoms with Gasteiger partial charge in [0.05, 0.1) is 22.7 Å². The van der Waals surface area contributed by atoms with Crippen LogP contribution in [-0.2, 0) is 4.74 Å². The van der Waals surface area contributed by atoms with Crippen LogP contribution in [0.15, 0.2) is 41.0 Å². The normalized spacial score (nSPS) is 15.0. The molecular formula is C15H15BrClN3O. The molecule has 0 aliphatic carbocycles. The first-order chi connectivity index (χ1) is 10.2. The highest BCUT2D eigenvalue weighted by Crippen LogP contribution is 2.27. The molecule has 3 rings (SSSR count). The second-order valence-corrected chi connectivity index (χ2v) is 6.05. The lowest BCUT2D eigenvalue weighted by Gasteiger charge is -2.28. The average Bonchev–Trinajstić information content (AvgIpc) is 2.52. The number of aromatic nitrogens is 1. The number of pyridine rings is 1. The van der Waals surface area contributed by atoms with Gasteiger partial charge < -0.3 is 15.0 Å². The first-order valence-corrected chi connectivity index (χ1v) is 7.90. The Morgan fingerprint density at radius 2 is 1.90 bits per heavy atom. The Morgan fingerprint density at radius 1 is 1.19 bits per heavy atom. The number of halogens is 2. The fraction of sp³-hybridized carbons (Fsp3) is 0.267. The summed E-state index contributed by atoms with van der Waals surface area (Å²) in [6.07, 6.45) is 1.62. The van der Waals surface area contributed by atoms with Crippen LogP contribution in [0.4, 0.5) is 17.2 Å². The van der Waals surface area contributed by atoms with Crippen LogP contribution in [0.5, 0.6) is 0 Å². The molecule has 0 saturated carbocycles. The molecule has 1 aromatic heterocycles. The number of anilines is 3. The first-order valence-electron chi connectivity index (χ1n) is 6.73. The van der Waals surface area contributed by atoms with Crippen molar-refractivity contribution in [3.8, 4) is 0 Å². The number of hydrogen-bond acceptors (Lipinski definition) is 4. The maximum atomic E-state index is 5.89. The van der Waals surface area contributed by atoms with Crippen molar-refractivity contribution in [1.29, 1.82) is 0 Å². The Bertz CT molecular complexity index is 615. The zero-order chi connectivity index (χ0) is 14.7. The van der Waals surface area contributed by atoms with E-state index in [0.29, 0.717) is 5.02 Å². The summed E-state index contributed by atoms with van der Waals surface area (Å²) in [6.45, 7) is 3.47. The average molecular weight is 369 g/mol. The maximum Gasteiger partial charge on any atom is 0.144 e. The van der Waals surface area contributed by atoms with Crippen LogP contribution in [-0.4, -0.2) is 31.3 Å². The summed E-state index contributed by atoms with van der Waals surface area (Å²) in [5, 5.41) is 3.88. The lowest BCUT2D eigenvalue weighted by atomic mass is 10.2. The van der Waals surface area contributed by atoms with Gasteiger partial charge in [0.25, 0.3) is 0 Å². The van der Waals surface area contributed by atoms with Crippen LogP contribution in [0.1, 0.15) is 0 Å². The smallest absolute Gasteiger partial charge is 0.144 e. The van der Waals surface area contributed by atoms with Gasteiger partial charge in [-0.1, -0.05) is 11.6 Å². The molecule has 0 unspecified atom stereocenters. The predicted molar refractivity (Wildman–Crippen MR) is 89.7 cm³/mol. The van der Waals surface area contributed by atoms with E-state index < -0.39 is 0 Å². The molecular weight excluding hydrogens is 354 g/mol. The molecule has 1 aliphatic rings. The molecule has 0 amide bonds. The second-order valence-electron chi connectivity index (χ2n) is 4.76. The van der Waals surface area contributed by atoms with Crippen molar-refractivity contribution in [2.24, 2.45) is 0 Å². The molecule has 110 valence electrons. The minimum absolute atomic E-state index is 0.607. The topological polar surface area (TPSA) is 37.4 Å². The Morgan fingerprint density at radius 3 is 2.57 bits per heavy atom. The highest BCUT2D eigenvalue weighted by molar-refractivity contribution is 9.10. The van der Waals surface area contributed by atoms with E-state index in [0.717, 1.165) is 42.3 Å². The van der Waals surface area contributed by atoms with Crippen molar-refractivity contribution in [3.63, 3.8) is 0 Å². The van der Waals surface area contributed by atoms with Gasteiger partial charge in [0.1, 0.15) is 5.82 Å². The Kier molecular flexibility index (Phi) is 4.63. The largest absolute Gasteiger partial charge is 0.378 e. The molecule has 2 aromatic rings. The van der Waals surface area contributed by atoms with Gasteiger partial charge in [0, 0.05) is 30.7 Å². The van der Waals surface area contributed by atoms with Gasteiger partial charge in [-0.15, -0.1) is 0 Å². The molecule has 1 saturated heterocycles. The second kappa shape index (κ2) is 6.64. The molecule has 2 heterocycles. The molecule has 1 N–H and O–H groups in total. The van der Waals surface area contributed by atoms with Crippen molar-refractivity contribution >= 4 is 44.7 Å². The SMILES string of the molecule is Clc1cnc(Nc2ccc(N3CCOCC3)cc2)c(Br)c1. The van der Waals surface area contributed by atoms with Gasteiger partial charge in [-0.2, -0.15) is 0 Å². The van der Waals surface area contributed by atoms with E-state index in [9.17, 15) is 0 Å². The summed E-state index contributed by atoms with van der Waals surface area (Å²) >= 11 is 9.34. The van der Waals surface area contributed by atoms with E-state index >= 15 is 0 Å². The van der Waals surface area contributed by atoms with Crippen LogP contribution in [0.3, 0.4) is 0 Å². The summed E-state index contributed by atoms with van der Waals surface area (Å²) < 4.78 is 6.21. The molecule has 0 bridgehead atoms. The number of rotatable bonds is 3. The number of nitrogens with zero attached hydrogens (tertiary/aromatic N) is 2. The van der Waals surface area contributed by atoms with E-state index in [4.69, 9.17) is 16.3 Å². The minimum atomic E-state index is 0.607. The summed E-state index contributed by atoms with van der Waals surface area (Å²) in [5.41, 5.74) is 2.20. The lowest BCUT2D eigenvalue weighted by molar-refractivity contribution is 0.122. The maximum absolute atomic E-state index is 5.89. The number of ether oxygens (including phenoxy) is 1. The molecule has 0 radical (unpaired) electrons. The summed E-state index contributed by atoms with van der Waals surface area (Å²) in [7, 11) is 0. The van der Waals surface area contributed by atoms with Gasteiger partial charge in [-0.05, 0) is 46.3 Å². The third-order valence-electron chi connectivity index (χ3n) is 3.31. The van der Waals surface area contributed by atoms with E-state index in [2.05, 4.69) is 43.3 Å². The van der Waals surface area contributed by atoms with Crippen molar-refractivity contribution in [3.05, 3.63) is 46.0 Å². The lowest BCUT2D eigenvalue weighted by Crippen LogP contribution is -2.36. The molecule has 0 atom stereocenters. The number of morpholine rings is 1. The zero-order valence-electron chi connectivity index (χ0n) is 11.4. The Balaban J connectivity index is 1.71. The standard InChI is InChI=1S/C15H15BrClN3O/c16-14-9-11(17)10-18-15(14)19-12-1-3-13(4-2-12)20-5-7-21-8-6-20/h1-4,9-10H,5-8H2,(H,18,19). The van der Waals surface area contributed by atoms with Crippen LogP contribution < -0.4 is 10.2 Å². The fourth-order valence-corrected chi connectivity index (χ4v) is 2.96. The minimum Gasteiger partial charge on any atom is -0.378 e. The van der Waals surface area contributed by atoms with Crippen molar-refractivity contribution in [2.75, 3.05) is 36.5 Å².